The zero-order chi connectivity index (χ0) is 7.56. The van der Waals surface area contributed by atoms with Crippen molar-refractivity contribution in [3.63, 3.8) is 0 Å². The van der Waals surface area contributed by atoms with E-state index in [-0.39, 0.29) is 7.69 Å². The quantitative estimate of drug-likeness (QED) is 0.553. The van der Waals surface area contributed by atoms with Crippen molar-refractivity contribution in [3.05, 3.63) is 23.2 Å². The first-order valence-corrected chi connectivity index (χ1v) is 3.08. The highest BCUT2D eigenvalue weighted by Gasteiger charge is 2.19. The molecule has 1 radical (unpaired) electrons. The fraction of sp³-hybridized carbons (Fsp3) is 0. The largest absolute Gasteiger partial charge is 0.482 e. The van der Waals surface area contributed by atoms with Crippen LogP contribution < -0.4 is 0 Å². The van der Waals surface area contributed by atoms with Gasteiger partial charge in [-0.25, -0.2) is 0 Å². The Morgan fingerprint density at radius 3 is 1.80 bits per heavy atom. The molecule has 0 saturated carbocycles. The molecule has 2 N–H and O–H groups in total. The van der Waals surface area contributed by atoms with Crippen LogP contribution in [-0.2, 0) is 0 Å². The van der Waals surface area contributed by atoms with Crippen LogP contribution in [0.4, 0.5) is 0 Å². The highest BCUT2D eigenvalue weighted by atomic mass is 35.5. The van der Waals surface area contributed by atoms with Gasteiger partial charge in [0.25, 0.3) is 0 Å². The van der Waals surface area contributed by atoms with Gasteiger partial charge in [-0.05, 0) is 0 Å². The molecule has 0 saturated heterocycles. The number of hydrogen-bond acceptors (Lipinski definition) is 2. The Kier molecular flexibility index (Phi) is 2.32. The fourth-order valence-corrected chi connectivity index (χ4v) is 1.04. The summed E-state index contributed by atoms with van der Waals surface area (Å²) in [5.74, 6) is 0. The summed E-state index contributed by atoms with van der Waals surface area (Å²) in [4.78, 5) is 0. The number of hydrogen-bond donors (Lipinski definition) is 2. The lowest BCUT2D eigenvalue weighted by atomic mass is 10.5. The van der Waals surface area contributed by atoms with E-state index in [2.05, 4.69) is 0 Å². The van der Waals surface area contributed by atoms with Gasteiger partial charge in [-0.1, -0.05) is 29.8 Å². The van der Waals surface area contributed by atoms with Crippen molar-refractivity contribution in [1.82, 2.24) is 0 Å². The molecule has 0 amide bonds. The minimum absolute atomic E-state index is 0. The summed E-state index contributed by atoms with van der Waals surface area (Å²) >= 11 is 5.61. The number of fused-ring (bicyclic) bond motifs is 1. The predicted molar refractivity (Wildman–Crippen MR) is 40.6 cm³/mol. The highest BCUT2D eigenvalue weighted by molar-refractivity contribution is 6.41. The maximum absolute atomic E-state index is 7.00. The predicted octanol–water partition coefficient (Wildman–Crippen LogP) is 0.826. The Morgan fingerprint density at radius 1 is 1.20 bits per heavy atom. The number of halogens is 1. The summed E-state index contributed by atoms with van der Waals surface area (Å²) in [6.07, 6.45) is 0. The molecule has 2 rings (SSSR count). The molecule has 0 aromatic heterocycles. The molecule has 0 bridgehead atoms. The second kappa shape index (κ2) is 3.06. The smallest absolute Gasteiger partial charge is 0.429 e. The summed E-state index contributed by atoms with van der Waals surface area (Å²) in [6.45, 7) is 0. The first-order valence-electron chi connectivity index (χ1n) is 2.70. The van der Waals surface area contributed by atoms with Gasteiger partial charge in [0.05, 0.1) is 5.02 Å². The van der Waals surface area contributed by atoms with Crippen LogP contribution in [0.2, 0.25) is 5.02 Å². The van der Waals surface area contributed by atoms with Gasteiger partial charge in [-0.2, -0.15) is 0 Å². The third-order valence-electron chi connectivity index (χ3n) is 1.23. The average Bonchev–Trinajstić information content (AvgIpc) is 2.41. The fourth-order valence-electron chi connectivity index (χ4n) is 0.758. The van der Waals surface area contributed by atoms with E-state index in [1.165, 1.54) is 11.1 Å². The second-order valence-electron chi connectivity index (χ2n) is 1.78. The Labute approximate surface area is 64.4 Å². The van der Waals surface area contributed by atoms with Gasteiger partial charge in [-0.15, -0.1) is 0 Å². The van der Waals surface area contributed by atoms with Crippen molar-refractivity contribution in [3.8, 4) is 11.1 Å². The van der Waals surface area contributed by atoms with E-state index < -0.39 is 0 Å². The molecule has 0 aliphatic heterocycles. The van der Waals surface area contributed by atoms with Crippen LogP contribution in [0.15, 0.2) is 18.2 Å². The summed E-state index contributed by atoms with van der Waals surface area (Å²) in [5, 5.41) is 15.0. The van der Waals surface area contributed by atoms with E-state index in [4.69, 9.17) is 21.6 Å². The van der Waals surface area contributed by atoms with Gasteiger partial charge < -0.3 is 10.0 Å². The lowest BCUT2D eigenvalue weighted by molar-refractivity contribution is 0.448. The van der Waals surface area contributed by atoms with Crippen LogP contribution in [-0.4, -0.2) is 17.7 Å². The van der Waals surface area contributed by atoms with E-state index in [1.54, 1.807) is 0 Å². The molecule has 0 aromatic carbocycles. The maximum Gasteiger partial charge on any atom is 0.482 e. The maximum atomic E-state index is 7.00. The van der Waals surface area contributed by atoms with Gasteiger partial charge in [0.1, 0.15) is 0 Å². The first-order chi connectivity index (χ1) is 4.81. The summed E-state index contributed by atoms with van der Waals surface area (Å²) in [6, 6.07) is 6.06. The second-order valence-corrected chi connectivity index (χ2v) is 2.16. The standard InChI is InChI=1S/C6H3Cl.BH2O2/c7-6-4-2-1-3-5(4)6;2-1-3/h1-3H;2-3H. The van der Waals surface area contributed by atoms with Crippen molar-refractivity contribution in [2.45, 2.75) is 0 Å². The van der Waals surface area contributed by atoms with Gasteiger partial charge in [0.2, 0.25) is 0 Å². The molecule has 0 fully saturated rings. The van der Waals surface area contributed by atoms with Gasteiger partial charge in [-0.3, -0.25) is 0 Å². The van der Waals surface area contributed by atoms with E-state index in [9.17, 15) is 0 Å². The van der Waals surface area contributed by atoms with Crippen LogP contribution in [0.1, 0.15) is 0 Å². The van der Waals surface area contributed by atoms with Crippen LogP contribution in [0.25, 0.3) is 11.1 Å². The summed E-state index contributed by atoms with van der Waals surface area (Å²) in [7, 11) is 0. The normalized spacial score (nSPS) is 9.50. The van der Waals surface area contributed by atoms with Crippen molar-refractivity contribution in [2.24, 2.45) is 0 Å². The molecule has 10 heavy (non-hydrogen) atoms. The van der Waals surface area contributed by atoms with E-state index >= 15 is 0 Å². The first kappa shape index (κ1) is 7.60. The van der Waals surface area contributed by atoms with Crippen LogP contribution in [0, 0.1) is 0 Å². The molecule has 51 valence electrons. The zero-order valence-electron chi connectivity index (χ0n) is 5.08. The summed E-state index contributed by atoms with van der Waals surface area (Å²) in [5.41, 5.74) is 2.48. The Bertz CT molecular complexity index is 219. The summed E-state index contributed by atoms with van der Waals surface area (Å²) < 4.78 is 0. The molecular weight excluding hydrogens is 150 g/mol. The van der Waals surface area contributed by atoms with Crippen LogP contribution >= 0.6 is 11.6 Å². The minimum atomic E-state index is 0. The molecule has 2 aliphatic rings. The Balaban J connectivity index is 0.000000148. The lowest BCUT2D eigenvalue weighted by Gasteiger charge is -1.55. The molecule has 0 atom stereocenters. The Morgan fingerprint density at radius 2 is 1.60 bits per heavy atom. The van der Waals surface area contributed by atoms with Gasteiger partial charge in [0.15, 0.2) is 0 Å². The van der Waals surface area contributed by atoms with Crippen LogP contribution in [0.3, 0.4) is 0 Å². The topological polar surface area (TPSA) is 40.5 Å². The molecular formula is C6H5BClO2. The van der Waals surface area contributed by atoms with Crippen LogP contribution in [0.5, 0.6) is 0 Å². The molecule has 4 heteroatoms. The van der Waals surface area contributed by atoms with Gasteiger partial charge >= 0.3 is 7.69 Å². The lowest BCUT2D eigenvalue weighted by Crippen LogP contribution is -1.75. The molecule has 2 nitrogen and oxygen atoms in total. The minimum Gasteiger partial charge on any atom is -0.429 e. The van der Waals surface area contributed by atoms with Crippen molar-refractivity contribution < 1.29 is 10.0 Å². The molecule has 2 aliphatic carbocycles. The molecule has 0 aromatic rings. The van der Waals surface area contributed by atoms with Crippen molar-refractivity contribution in [1.29, 1.82) is 0 Å². The highest BCUT2D eigenvalue weighted by Crippen LogP contribution is 2.47. The van der Waals surface area contributed by atoms with Gasteiger partial charge in [0, 0.05) is 11.1 Å². The average molecular weight is 155 g/mol. The SMILES string of the molecule is Clc1c2cccc1-2.O[B]O. The van der Waals surface area contributed by atoms with Crippen molar-refractivity contribution >= 4 is 19.3 Å². The molecule has 0 unspecified atom stereocenters. The number of rotatable bonds is 0. The molecule has 0 heterocycles. The Hall–Kier alpha value is -0.505. The third kappa shape index (κ3) is 1.32. The molecule has 0 spiro atoms. The van der Waals surface area contributed by atoms with E-state index in [0.717, 1.165) is 5.02 Å². The van der Waals surface area contributed by atoms with Crippen molar-refractivity contribution in [2.75, 3.05) is 0 Å². The number of benzene rings is 1. The van der Waals surface area contributed by atoms with E-state index in [0.29, 0.717) is 0 Å². The third-order valence-corrected chi connectivity index (χ3v) is 1.63. The van der Waals surface area contributed by atoms with E-state index in [1.807, 2.05) is 18.2 Å². The zero-order valence-corrected chi connectivity index (χ0v) is 5.84. The monoisotopic (exact) mass is 155 g/mol.